The Bertz CT molecular complexity index is 969. The van der Waals surface area contributed by atoms with Crippen LogP contribution in [0.1, 0.15) is 120 Å². The highest BCUT2D eigenvalue weighted by Crippen LogP contribution is 2.72. The monoisotopic (exact) mass is 498 g/mol. The van der Waals surface area contributed by atoms with E-state index in [0.717, 1.165) is 64.2 Å². The number of carboxylic acid groups (broad SMARTS) is 1. The second-order valence-electron chi connectivity index (χ2n) is 14.1. The zero-order valence-electron chi connectivity index (χ0n) is 24.1. The molecular formula is C32H50O4. The molecule has 0 aromatic carbocycles. The van der Waals surface area contributed by atoms with Gasteiger partial charge in [0.2, 0.25) is 0 Å². The second-order valence-corrected chi connectivity index (χ2v) is 14.1. The molecule has 0 aliphatic heterocycles. The van der Waals surface area contributed by atoms with Crippen LogP contribution in [0.25, 0.3) is 0 Å². The van der Waals surface area contributed by atoms with Gasteiger partial charge in [0, 0.05) is 12.3 Å². The first-order valence-electron chi connectivity index (χ1n) is 14.4. The van der Waals surface area contributed by atoms with E-state index in [4.69, 9.17) is 4.74 Å². The molecule has 0 radical (unpaired) electrons. The highest BCUT2D eigenvalue weighted by molar-refractivity contribution is 5.70. The molecule has 0 spiro atoms. The largest absolute Gasteiger partial charge is 0.481 e. The summed E-state index contributed by atoms with van der Waals surface area (Å²) in [6, 6.07) is 0. The van der Waals surface area contributed by atoms with Crippen molar-refractivity contribution in [3.63, 3.8) is 0 Å². The average molecular weight is 499 g/mol. The van der Waals surface area contributed by atoms with Gasteiger partial charge < -0.3 is 9.84 Å². The molecule has 2 saturated carbocycles. The summed E-state index contributed by atoms with van der Waals surface area (Å²) in [5, 5.41) is 10.3. The molecular weight excluding hydrogens is 448 g/mol. The summed E-state index contributed by atoms with van der Waals surface area (Å²) in [6.45, 7) is 17.8. The van der Waals surface area contributed by atoms with E-state index in [2.05, 4.69) is 54.5 Å². The van der Waals surface area contributed by atoms with Crippen LogP contribution in [0, 0.1) is 39.4 Å². The maximum absolute atomic E-state index is 12.5. The van der Waals surface area contributed by atoms with Gasteiger partial charge in [0.1, 0.15) is 6.10 Å². The van der Waals surface area contributed by atoms with Crippen LogP contribution in [-0.4, -0.2) is 23.1 Å². The number of hydrogen-bond donors (Lipinski definition) is 1. The summed E-state index contributed by atoms with van der Waals surface area (Å²) in [5.74, 6) is -0.291. The van der Waals surface area contributed by atoms with Crippen molar-refractivity contribution >= 4 is 11.9 Å². The van der Waals surface area contributed by atoms with Crippen molar-refractivity contribution in [3.8, 4) is 0 Å². The third-order valence-electron chi connectivity index (χ3n) is 11.9. The van der Waals surface area contributed by atoms with Gasteiger partial charge in [0.25, 0.3) is 0 Å². The van der Waals surface area contributed by atoms with Gasteiger partial charge in [-0.05, 0) is 106 Å². The quantitative estimate of drug-likeness (QED) is 0.297. The highest BCUT2D eigenvalue weighted by atomic mass is 16.5. The lowest BCUT2D eigenvalue weighted by Gasteiger charge is -2.62. The Hall–Kier alpha value is -1.58. The first-order chi connectivity index (χ1) is 16.7. The van der Waals surface area contributed by atoms with Gasteiger partial charge in [-0.15, -0.1) is 0 Å². The van der Waals surface area contributed by atoms with Crippen LogP contribution in [-0.2, 0) is 14.3 Å². The van der Waals surface area contributed by atoms with Gasteiger partial charge in [-0.1, -0.05) is 57.4 Å². The summed E-state index contributed by atoms with van der Waals surface area (Å²) in [4.78, 5) is 24.3. The predicted octanol–water partition coefficient (Wildman–Crippen LogP) is 8.11. The molecule has 0 unspecified atom stereocenters. The van der Waals surface area contributed by atoms with Gasteiger partial charge in [-0.2, -0.15) is 0 Å². The topological polar surface area (TPSA) is 63.6 Å². The number of esters is 1. The van der Waals surface area contributed by atoms with Crippen LogP contribution in [0.15, 0.2) is 22.8 Å². The van der Waals surface area contributed by atoms with Gasteiger partial charge in [0.15, 0.2) is 0 Å². The summed E-state index contributed by atoms with van der Waals surface area (Å²) < 4.78 is 5.84. The number of hydrogen-bond acceptors (Lipinski definition) is 3. The summed E-state index contributed by atoms with van der Waals surface area (Å²) in [7, 11) is 0. The first kappa shape index (κ1) is 27.5. The molecule has 4 aliphatic rings. The summed E-state index contributed by atoms with van der Waals surface area (Å²) >= 11 is 0. The van der Waals surface area contributed by atoms with E-state index in [1.165, 1.54) is 12.5 Å². The molecule has 0 aromatic heterocycles. The maximum atomic E-state index is 12.5. The number of carbonyl (C=O) groups excluding carboxylic acids is 1. The molecule has 4 heteroatoms. The van der Waals surface area contributed by atoms with Crippen molar-refractivity contribution in [1.29, 1.82) is 0 Å². The minimum absolute atomic E-state index is 0.00680. The van der Waals surface area contributed by atoms with Crippen molar-refractivity contribution in [2.45, 2.75) is 126 Å². The van der Waals surface area contributed by atoms with Crippen LogP contribution < -0.4 is 0 Å². The Kier molecular flexibility index (Phi) is 7.10. The molecule has 4 nitrogen and oxygen atoms in total. The fraction of sp³-hybridized carbons (Fsp3) is 0.812. The Balaban J connectivity index is 1.67. The minimum Gasteiger partial charge on any atom is -0.481 e. The first-order valence-corrected chi connectivity index (χ1v) is 14.4. The zero-order valence-corrected chi connectivity index (χ0v) is 24.1. The van der Waals surface area contributed by atoms with Crippen LogP contribution in [0.5, 0.6) is 0 Å². The average Bonchev–Trinajstić information content (AvgIpc) is 3.04. The molecule has 0 amide bonds. The number of rotatable bonds is 6. The van der Waals surface area contributed by atoms with Crippen LogP contribution >= 0.6 is 0 Å². The van der Waals surface area contributed by atoms with Crippen LogP contribution in [0.3, 0.4) is 0 Å². The molecule has 0 heterocycles. The standard InChI is InChI=1S/C32H50O4/c1-20(2)10-9-11-22(28(34)35)23-14-18-32(8)25-12-13-26-29(4,5)27(36-21(3)33)16-17-30(26,6)24(25)15-19-31(23,32)7/h10,22-23,26-27H,9,11-19H2,1-8H3,(H,34,35)/t22-,23-,26+,27+,30-,31-,32+/m1/s1. The van der Waals surface area contributed by atoms with Crippen molar-refractivity contribution in [2.75, 3.05) is 0 Å². The number of allylic oxidation sites excluding steroid dienone is 4. The molecule has 7 atom stereocenters. The molecule has 4 rings (SSSR count). The lowest BCUT2D eigenvalue weighted by Crippen LogP contribution is -2.56. The minimum atomic E-state index is -0.603. The Labute approximate surface area is 219 Å². The van der Waals surface area contributed by atoms with Crippen LogP contribution in [0.4, 0.5) is 0 Å². The summed E-state index contributed by atoms with van der Waals surface area (Å²) in [6.07, 6.45) is 12.4. The normalized spacial score (nSPS) is 39.9. The lowest BCUT2D eigenvalue weighted by molar-refractivity contribution is -0.167. The van der Waals surface area contributed by atoms with Gasteiger partial charge in [-0.3, -0.25) is 9.59 Å². The zero-order chi connectivity index (χ0) is 26.7. The van der Waals surface area contributed by atoms with Crippen LogP contribution in [0.2, 0.25) is 0 Å². The fourth-order valence-corrected chi connectivity index (χ4v) is 9.81. The Morgan fingerprint density at radius 2 is 1.67 bits per heavy atom. The third-order valence-corrected chi connectivity index (χ3v) is 11.9. The molecule has 1 N–H and O–H groups in total. The van der Waals surface area contributed by atoms with Crippen molar-refractivity contribution < 1.29 is 19.4 Å². The predicted molar refractivity (Wildman–Crippen MR) is 144 cm³/mol. The number of ether oxygens (including phenoxy) is 1. The van der Waals surface area contributed by atoms with E-state index >= 15 is 0 Å². The summed E-state index contributed by atoms with van der Waals surface area (Å²) in [5.41, 5.74) is 4.85. The number of carboxylic acids is 1. The molecule has 0 saturated heterocycles. The number of fused-ring (bicyclic) bond motifs is 4. The second kappa shape index (κ2) is 9.31. The lowest BCUT2D eigenvalue weighted by atomic mass is 9.43. The van der Waals surface area contributed by atoms with E-state index in [-0.39, 0.29) is 45.6 Å². The number of aliphatic carboxylic acids is 1. The molecule has 2 fully saturated rings. The van der Waals surface area contributed by atoms with Crippen molar-refractivity contribution in [2.24, 2.45) is 39.4 Å². The smallest absolute Gasteiger partial charge is 0.306 e. The molecule has 4 aliphatic carbocycles. The molecule has 36 heavy (non-hydrogen) atoms. The molecule has 0 bridgehead atoms. The SMILES string of the molecule is CC(=O)O[C@H]1CC[C@]2(C)C3=C(CC[C@H]2C1(C)C)[C@]1(C)CC[C@H]([C@@H](CCC=C(C)C)C(=O)O)[C@@]1(C)CC3. The van der Waals surface area contributed by atoms with E-state index in [1.54, 1.807) is 11.1 Å². The fourth-order valence-electron chi connectivity index (χ4n) is 9.81. The van der Waals surface area contributed by atoms with E-state index < -0.39 is 5.97 Å². The number of carbonyl (C=O) groups is 2. The van der Waals surface area contributed by atoms with Gasteiger partial charge >= 0.3 is 11.9 Å². The highest BCUT2D eigenvalue weighted by Gasteiger charge is 2.64. The Morgan fingerprint density at radius 1 is 0.972 bits per heavy atom. The maximum Gasteiger partial charge on any atom is 0.306 e. The van der Waals surface area contributed by atoms with Gasteiger partial charge in [0.05, 0.1) is 5.92 Å². The third kappa shape index (κ3) is 4.09. The van der Waals surface area contributed by atoms with E-state index in [1.807, 2.05) is 0 Å². The molecule has 202 valence electrons. The van der Waals surface area contributed by atoms with Gasteiger partial charge in [-0.25, -0.2) is 0 Å². The van der Waals surface area contributed by atoms with Crippen molar-refractivity contribution in [1.82, 2.24) is 0 Å². The Morgan fingerprint density at radius 3 is 2.28 bits per heavy atom. The van der Waals surface area contributed by atoms with Crippen molar-refractivity contribution in [3.05, 3.63) is 22.8 Å². The molecule has 0 aromatic rings. The van der Waals surface area contributed by atoms with E-state index in [0.29, 0.717) is 5.92 Å². The van der Waals surface area contributed by atoms with E-state index in [9.17, 15) is 14.7 Å².